The van der Waals surface area contributed by atoms with Crippen molar-refractivity contribution in [2.75, 3.05) is 4.90 Å². The van der Waals surface area contributed by atoms with E-state index in [-0.39, 0.29) is 0 Å². The summed E-state index contributed by atoms with van der Waals surface area (Å²) in [4.78, 5) is 2.40. The lowest BCUT2D eigenvalue weighted by atomic mass is 9.96. The van der Waals surface area contributed by atoms with Crippen molar-refractivity contribution in [3.05, 3.63) is 267 Å². The number of rotatable bonds is 9. The van der Waals surface area contributed by atoms with Crippen LogP contribution in [0.15, 0.2) is 271 Å². The van der Waals surface area contributed by atoms with E-state index in [9.17, 15) is 0 Å². The SMILES string of the molecule is c1ccc(-c2ccc(-c3ccccc3N(c3ccc(-c4cccc5c4oc4ccccc45)cc3)c3cccc(-c4cccc(-c5ccccc5-n5c6ccccc6c6ccccc65)c4)c3)cc2)cc1. The highest BCUT2D eigenvalue weighted by Crippen LogP contribution is 2.44. The molecule has 0 unspecified atom stereocenters. The van der Waals surface area contributed by atoms with Crippen LogP contribution in [0.1, 0.15) is 0 Å². The Morgan fingerprint density at radius 1 is 0.290 bits per heavy atom. The lowest BCUT2D eigenvalue weighted by Gasteiger charge is -2.28. The summed E-state index contributed by atoms with van der Waals surface area (Å²) < 4.78 is 8.91. The molecule has 0 aliphatic rings. The quantitative estimate of drug-likeness (QED) is 0.144. The zero-order chi connectivity index (χ0) is 45.7. The monoisotopic (exact) mass is 880 g/mol. The minimum atomic E-state index is 0.897. The number of aromatic nitrogens is 1. The summed E-state index contributed by atoms with van der Waals surface area (Å²) in [6.07, 6.45) is 0. The lowest BCUT2D eigenvalue weighted by molar-refractivity contribution is 0.670. The average Bonchev–Trinajstić information content (AvgIpc) is 3.98. The van der Waals surface area contributed by atoms with Crippen LogP contribution in [0.2, 0.25) is 0 Å². The normalized spacial score (nSPS) is 11.5. The van der Waals surface area contributed by atoms with Crippen molar-refractivity contribution >= 4 is 60.8 Å². The molecule has 3 heteroatoms. The molecule has 0 spiro atoms. The Balaban J connectivity index is 0.927. The summed E-state index contributed by atoms with van der Waals surface area (Å²) in [5.41, 5.74) is 20.0. The fourth-order valence-corrected chi connectivity index (χ4v) is 10.4. The van der Waals surface area contributed by atoms with Gasteiger partial charge in [0, 0.05) is 49.6 Å². The van der Waals surface area contributed by atoms with Crippen LogP contribution in [0.25, 0.3) is 105 Å². The standard InChI is InChI=1S/C66H44N2O/c1-2-17-45(18-3-1)46-35-37-47(38-36-46)54-23-4-9-30-61(54)67(52-41-39-48(40-42-52)56-28-16-29-60-59-27-8-13-34-65(59)69-66(56)60)53-22-15-20-50(44-53)49-19-14-21-51(43-49)55-24-5-10-31-62(55)68-63-32-11-6-25-57(63)58-26-7-12-33-64(58)68/h1-44H. The lowest BCUT2D eigenvalue weighted by Crippen LogP contribution is -2.11. The molecule has 324 valence electrons. The van der Waals surface area contributed by atoms with E-state index in [0.717, 1.165) is 83.6 Å². The van der Waals surface area contributed by atoms with Gasteiger partial charge in [0.1, 0.15) is 11.2 Å². The Labute approximate surface area is 401 Å². The maximum atomic E-state index is 6.50. The number of nitrogens with zero attached hydrogens (tertiary/aromatic N) is 2. The van der Waals surface area contributed by atoms with Crippen LogP contribution in [-0.4, -0.2) is 4.57 Å². The Bertz CT molecular complexity index is 3960. The Hall–Kier alpha value is -9.18. The first-order valence-electron chi connectivity index (χ1n) is 23.6. The molecule has 0 aliphatic heterocycles. The zero-order valence-electron chi connectivity index (χ0n) is 37.7. The minimum Gasteiger partial charge on any atom is -0.455 e. The molecule has 2 heterocycles. The number of benzene rings is 11. The van der Waals surface area contributed by atoms with Gasteiger partial charge in [0.2, 0.25) is 0 Å². The van der Waals surface area contributed by atoms with Crippen LogP contribution in [-0.2, 0) is 0 Å². The van der Waals surface area contributed by atoms with Gasteiger partial charge < -0.3 is 13.9 Å². The van der Waals surface area contributed by atoms with Crippen LogP contribution < -0.4 is 4.90 Å². The molecule has 69 heavy (non-hydrogen) atoms. The average molecular weight is 881 g/mol. The van der Waals surface area contributed by atoms with Crippen molar-refractivity contribution in [2.45, 2.75) is 0 Å². The molecule has 0 atom stereocenters. The number of para-hydroxylation sites is 6. The van der Waals surface area contributed by atoms with Gasteiger partial charge in [-0.3, -0.25) is 0 Å². The van der Waals surface area contributed by atoms with Crippen molar-refractivity contribution in [3.8, 4) is 61.3 Å². The summed E-state index contributed by atoms with van der Waals surface area (Å²) in [7, 11) is 0. The summed E-state index contributed by atoms with van der Waals surface area (Å²) in [6, 6.07) is 96.1. The smallest absolute Gasteiger partial charge is 0.143 e. The van der Waals surface area contributed by atoms with E-state index >= 15 is 0 Å². The Morgan fingerprint density at radius 3 is 1.58 bits per heavy atom. The first kappa shape index (κ1) is 40.1. The summed E-state index contributed by atoms with van der Waals surface area (Å²) >= 11 is 0. The molecule has 0 radical (unpaired) electrons. The van der Waals surface area contributed by atoms with E-state index in [0.29, 0.717) is 0 Å². The Kier molecular flexibility index (Phi) is 9.84. The number of hydrogen-bond acceptors (Lipinski definition) is 2. The molecule has 0 saturated carbocycles. The molecule has 0 N–H and O–H groups in total. The maximum Gasteiger partial charge on any atom is 0.143 e. The molecule has 13 rings (SSSR count). The molecule has 3 nitrogen and oxygen atoms in total. The van der Waals surface area contributed by atoms with Gasteiger partial charge in [0.15, 0.2) is 0 Å². The van der Waals surface area contributed by atoms with Gasteiger partial charge in [-0.05, 0) is 99.6 Å². The van der Waals surface area contributed by atoms with Gasteiger partial charge in [-0.15, -0.1) is 0 Å². The van der Waals surface area contributed by atoms with Crippen LogP contribution >= 0.6 is 0 Å². The van der Waals surface area contributed by atoms with Crippen LogP contribution in [0.4, 0.5) is 17.1 Å². The van der Waals surface area contributed by atoms with E-state index in [2.05, 4.69) is 264 Å². The number of furan rings is 1. The third-order valence-electron chi connectivity index (χ3n) is 13.6. The molecule has 0 bridgehead atoms. The molecule has 2 aromatic heterocycles. The van der Waals surface area contributed by atoms with Gasteiger partial charge in [-0.2, -0.15) is 0 Å². The van der Waals surface area contributed by atoms with Gasteiger partial charge in [0.05, 0.1) is 22.4 Å². The van der Waals surface area contributed by atoms with Crippen LogP contribution in [0.3, 0.4) is 0 Å². The summed E-state index contributed by atoms with van der Waals surface area (Å²) in [5.74, 6) is 0. The first-order chi connectivity index (χ1) is 34.2. The van der Waals surface area contributed by atoms with E-state index in [1.807, 2.05) is 12.1 Å². The third-order valence-corrected chi connectivity index (χ3v) is 13.6. The van der Waals surface area contributed by atoms with Crippen molar-refractivity contribution in [1.29, 1.82) is 0 Å². The minimum absolute atomic E-state index is 0.897. The zero-order valence-corrected chi connectivity index (χ0v) is 37.7. The topological polar surface area (TPSA) is 21.3 Å². The predicted molar refractivity (Wildman–Crippen MR) is 290 cm³/mol. The fourth-order valence-electron chi connectivity index (χ4n) is 10.4. The first-order valence-corrected chi connectivity index (χ1v) is 23.6. The van der Waals surface area contributed by atoms with Crippen molar-refractivity contribution in [3.63, 3.8) is 0 Å². The van der Waals surface area contributed by atoms with Crippen molar-refractivity contribution < 1.29 is 4.42 Å². The van der Waals surface area contributed by atoms with Gasteiger partial charge in [-0.25, -0.2) is 0 Å². The summed E-state index contributed by atoms with van der Waals surface area (Å²) in [6.45, 7) is 0. The molecule has 0 aliphatic carbocycles. The van der Waals surface area contributed by atoms with E-state index in [1.54, 1.807) is 0 Å². The maximum absolute atomic E-state index is 6.50. The number of fused-ring (bicyclic) bond motifs is 6. The van der Waals surface area contributed by atoms with Crippen molar-refractivity contribution in [2.24, 2.45) is 0 Å². The molecule has 13 aromatic rings. The third kappa shape index (κ3) is 7.08. The molecular weight excluding hydrogens is 837 g/mol. The van der Waals surface area contributed by atoms with Crippen LogP contribution in [0, 0.1) is 0 Å². The highest BCUT2D eigenvalue weighted by atomic mass is 16.3. The molecule has 0 amide bonds. The van der Waals surface area contributed by atoms with E-state index in [1.165, 1.54) is 38.5 Å². The fraction of sp³-hybridized carbons (Fsp3) is 0. The molecule has 0 saturated heterocycles. The van der Waals surface area contributed by atoms with Crippen molar-refractivity contribution in [1.82, 2.24) is 4.57 Å². The highest BCUT2D eigenvalue weighted by molar-refractivity contribution is 6.11. The second kappa shape index (κ2) is 16.9. The number of anilines is 3. The molecule has 11 aromatic carbocycles. The van der Waals surface area contributed by atoms with Gasteiger partial charge in [0.25, 0.3) is 0 Å². The van der Waals surface area contributed by atoms with E-state index < -0.39 is 0 Å². The molecule has 0 fully saturated rings. The largest absolute Gasteiger partial charge is 0.455 e. The van der Waals surface area contributed by atoms with E-state index in [4.69, 9.17) is 4.42 Å². The van der Waals surface area contributed by atoms with Crippen LogP contribution in [0.5, 0.6) is 0 Å². The van der Waals surface area contributed by atoms with Gasteiger partial charge >= 0.3 is 0 Å². The molecular formula is C66H44N2O. The second-order valence-electron chi connectivity index (χ2n) is 17.6. The van der Waals surface area contributed by atoms with Gasteiger partial charge in [-0.1, -0.05) is 206 Å². The Morgan fingerprint density at radius 2 is 0.797 bits per heavy atom. The number of hydrogen-bond donors (Lipinski definition) is 0. The summed E-state index contributed by atoms with van der Waals surface area (Å²) in [5, 5.41) is 4.75. The predicted octanol–water partition coefficient (Wildman–Crippen LogP) is 18.5. The second-order valence-corrected chi connectivity index (χ2v) is 17.6. The highest BCUT2D eigenvalue weighted by Gasteiger charge is 2.20.